The molecule has 1 aromatic heterocycles. The third kappa shape index (κ3) is 9.74. The maximum atomic E-state index is 13.8. The molecule has 17 heteroatoms. The Morgan fingerprint density at radius 2 is 1.67 bits per heavy atom. The maximum absolute atomic E-state index is 13.8. The van der Waals surface area contributed by atoms with Crippen molar-refractivity contribution in [1.82, 2.24) is 25.6 Å². The molecule has 3 heterocycles. The van der Waals surface area contributed by atoms with Crippen LogP contribution in [0.15, 0.2) is 53.1 Å². The molecule has 0 spiro atoms. The minimum Gasteiger partial charge on any atom is -0.475 e. The number of carbonyl (C=O) groups excluding carboxylic acids is 4. The summed E-state index contributed by atoms with van der Waals surface area (Å²) < 4.78 is 50.6. The number of nitrogens with zero attached hydrogens (tertiary/aromatic N) is 3. The molecular formula is C32H36F4N6O7. The highest BCUT2D eigenvalue weighted by atomic mass is 19.4. The van der Waals surface area contributed by atoms with Crippen molar-refractivity contribution in [2.24, 2.45) is 5.73 Å². The number of alkyl halides is 3. The van der Waals surface area contributed by atoms with Crippen LogP contribution in [0, 0.1) is 5.82 Å². The van der Waals surface area contributed by atoms with E-state index in [1.54, 1.807) is 15.9 Å². The van der Waals surface area contributed by atoms with Crippen LogP contribution in [0.4, 0.5) is 17.6 Å². The van der Waals surface area contributed by atoms with Crippen molar-refractivity contribution >= 4 is 40.6 Å². The Labute approximate surface area is 277 Å². The summed E-state index contributed by atoms with van der Waals surface area (Å²) in [6.07, 6.45) is -2.27. The molecule has 2 aliphatic rings. The van der Waals surface area contributed by atoms with E-state index in [4.69, 9.17) is 20.2 Å². The Balaban J connectivity index is 0.000000698. The molecule has 2 atom stereocenters. The van der Waals surface area contributed by atoms with E-state index in [-0.39, 0.29) is 43.1 Å². The number of carboxylic acids is 1. The third-order valence-electron chi connectivity index (χ3n) is 8.27. The number of fused-ring (bicyclic) bond motifs is 1. The fraction of sp³-hybridized carbons (Fsp3) is 0.438. The number of aliphatic carboxylic acids is 1. The predicted octanol–water partition coefficient (Wildman–Crippen LogP) is 2.10. The molecule has 2 fully saturated rings. The second-order valence-corrected chi connectivity index (χ2v) is 11.6. The number of hydrogen-bond donors (Lipinski definition) is 4. The highest BCUT2D eigenvalue weighted by Gasteiger charge is 2.41. The quantitative estimate of drug-likeness (QED) is 0.244. The summed E-state index contributed by atoms with van der Waals surface area (Å²) in [5.41, 5.74) is 7.33. The van der Waals surface area contributed by atoms with Crippen LogP contribution in [0.25, 0.3) is 11.0 Å². The van der Waals surface area contributed by atoms with Gasteiger partial charge in [0, 0.05) is 43.4 Å². The zero-order chi connectivity index (χ0) is 35.7. The van der Waals surface area contributed by atoms with Gasteiger partial charge in [-0.2, -0.15) is 13.2 Å². The van der Waals surface area contributed by atoms with Crippen LogP contribution in [-0.4, -0.2) is 101 Å². The first-order valence-electron chi connectivity index (χ1n) is 15.5. The highest BCUT2D eigenvalue weighted by molar-refractivity contribution is 5.94. The van der Waals surface area contributed by atoms with Gasteiger partial charge >= 0.3 is 12.1 Å². The molecule has 0 radical (unpaired) electrons. The lowest BCUT2D eigenvalue weighted by atomic mass is 9.91. The fourth-order valence-corrected chi connectivity index (χ4v) is 5.84. The zero-order valence-corrected chi connectivity index (χ0v) is 26.2. The average Bonchev–Trinajstić information content (AvgIpc) is 3.74. The molecule has 0 aliphatic carbocycles. The van der Waals surface area contributed by atoms with E-state index < -0.39 is 36.0 Å². The number of carboxylic acid groups (broad SMARTS) is 1. The Kier molecular flexibility index (Phi) is 12.3. The van der Waals surface area contributed by atoms with Crippen molar-refractivity contribution in [3.63, 3.8) is 0 Å². The Bertz CT molecular complexity index is 1640. The molecule has 0 bridgehead atoms. The van der Waals surface area contributed by atoms with Crippen molar-refractivity contribution in [1.29, 1.82) is 0 Å². The fourth-order valence-electron chi connectivity index (χ4n) is 5.84. The zero-order valence-electron chi connectivity index (χ0n) is 26.2. The first-order valence-corrected chi connectivity index (χ1v) is 15.5. The highest BCUT2D eigenvalue weighted by Crippen LogP contribution is 2.33. The van der Waals surface area contributed by atoms with Crippen LogP contribution in [0.5, 0.6) is 0 Å². The topological polar surface area (TPSA) is 188 Å². The van der Waals surface area contributed by atoms with Crippen molar-refractivity contribution in [2.45, 2.75) is 56.3 Å². The predicted molar refractivity (Wildman–Crippen MR) is 165 cm³/mol. The molecular weight excluding hydrogens is 656 g/mol. The van der Waals surface area contributed by atoms with Crippen LogP contribution >= 0.6 is 0 Å². The smallest absolute Gasteiger partial charge is 0.475 e. The average molecular weight is 693 g/mol. The third-order valence-corrected chi connectivity index (χ3v) is 8.27. The lowest BCUT2D eigenvalue weighted by Gasteiger charge is -2.36. The van der Waals surface area contributed by atoms with Crippen molar-refractivity contribution in [3.05, 3.63) is 65.6 Å². The molecule has 4 amide bonds. The second kappa shape index (κ2) is 16.4. The van der Waals surface area contributed by atoms with Gasteiger partial charge in [0.25, 0.3) is 0 Å². The summed E-state index contributed by atoms with van der Waals surface area (Å²) in [5.74, 6) is -4.49. The monoisotopic (exact) mass is 692 g/mol. The van der Waals surface area contributed by atoms with Gasteiger partial charge in [-0.1, -0.05) is 35.5 Å². The summed E-state index contributed by atoms with van der Waals surface area (Å²) in [5, 5.41) is 17.3. The van der Waals surface area contributed by atoms with Gasteiger partial charge in [0.2, 0.25) is 23.6 Å². The minimum atomic E-state index is -5.08. The molecule has 49 heavy (non-hydrogen) atoms. The van der Waals surface area contributed by atoms with Crippen LogP contribution in [0.2, 0.25) is 0 Å². The summed E-state index contributed by atoms with van der Waals surface area (Å²) in [6.45, 7) is 0.870. The number of rotatable bonds is 9. The normalized spacial score (nSPS) is 17.2. The van der Waals surface area contributed by atoms with Gasteiger partial charge in [-0.15, -0.1) is 0 Å². The van der Waals surface area contributed by atoms with E-state index in [2.05, 4.69) is 15.8 Å². The number of halogens is 4. The molecule has 2 aliphatic heterocycles. The molecule has 0 saturated carbocycles. The Morgan fingerprint density at radius 3 is 2.31 bits per heavy atom. The first kappa shape index (κ1) is 36.8. The number of amides is 4. The Hall–Kier alpha value is -5.06. The Morgan fingerprint density at radius 1 is 1.00 bits per heavy atom. The molecule has 2 saturated heterocycles. The molecule has 3 aromatic rings. The molecule has 5 N–H and O–H groups in total. The number of hydrogen-bond acceptors (Lipinski definition) is 8. The van der Waals surface area contributed by atoms with Gasteiger partial charge in [-0.3, -0.25) is 19.2 Å². The molecule has 2 aromatic carbocycles. The van der Waals surface area contributed by atoms with E-state index in [0.29, 0.717) is 50.9 Å². The van der Waals surface area contributed by atoms with Gasteiger partial charge in [0.05, 0.1) is 18.8 Å². The molecule has 0 unspecified atom stereocenters. The van der Waals surface area contributed by atoms with E-state index >= 15 is 0 Å². The SMILES string of the molecule is NCC(=O)NCC(=O)N[C@@H](Cc1ccccc1)C(=O)N1CCC[C@H]1C(=O)N1CCC(c2noc3cc(F)ccc23)CC1.O=C(O)C(F)(F)F. The number of carbonyl (C=O) groups is 5. The van der Waals surface area contributed by atoms with Gasteiger partial charge < -0.3 is 35.8 Å². The van der Waals surface area contributed by atoms with Crippen LogP contribution < -0.4 is 16.4 Å². The van der Waals surface area contributed by atoms with Crippen molar-refractivity contribution < 1.29 is 51.2 Å². The molecule has 5 rings (SSSR count). The van der Waals surface area contributed by atoms with E-state index in [1.165, 1.54) is 12.1 Å². The van der Waals surface area contributed by atoms with Gasteiger partial charge in [0.1, 0.15) is 17.9 Å². The van der Waals surface area contributed by atoms with Crippen LogP contribution in [0.1, 0.15) is 42.9 Å². The van der Waals surface area contributed by atoms with Gasteiger partial charge in [0.15, 0.2) is 5.58 Å². The second-order valence-electron chi connectivity index (χ2n) is 11.6. The lowest BCUT2D eigenvalue weighted by Crippen LogP contribution is -2.56. The number of piperidine rings is 1. The van der Waals surface area contributed by atoms with Gasteiger partial charge in [-0.05, 0) is 43.4 Å². The van der Waals surface area contributed by atoms with E-state index in [1.807, 2.05) is 30.3 Å². The number of benzene rings is 2. The first-order chi connectivity index (χ1) is 23.3. The van der Waals surface area contributed by atoms with E-state index in [9.17, 15) is 36.7 Å². The molecule has 264 valence electrons. The van der Waals surface area contributed by atoms with Crippen molar-refractivity contribution in [2.75, 3.05) is 32.7 Å². The molecule has 13 nitrogen and oxygen atoms in total. The number of nitrogens with two attached hydrogens (primary N) is 1. The largest absolute Gasteiger partial charge is 0.490 e. The number of nitrogens with one attached hydrogen (secondary N) is 2. The van der Waals surface area contributed by atoms with Crippen molar-refractivity contribution in [3.8, 4) is 0 Å². The van der Waals surface area contributed by atoms with E-state index in [0.717, 1.165) is 16.6 Å². The maximum Gasteiger partial charge on any atom is 0.490 e. The van der Waals surface area contributed by atoms with Crippen LogP contribution in [-0.2, 0) is 30.4 Å². The summed E-state index contributed by atoms with van der Waals surface area (Å²) in [6, 6.07) is 12.2. The number of aromatic nitrogens is 1. The number of likely N-dealkylation sites (tertiary alicyclic amines) is 2. The summed E-state index contributed by atoms with van der Waals surface area (Å²) >= 11 is 0. The van der Waals surface area contributed by atoms with Crippen LogP contribution in [0.3, 0.4) is 0 Å². The lowest BCUT2D eigenvalue weighted by molar-refractivity contribution is -0.192. The minimum absolute atomic E-state index is 0.0762. The summed E-state index contributed by atoms with van der Waals surface area (Å²) in [4.78, 5) is 63.9. The summed E-state index contributed by atoms with van der Waals surface area (Å²) in [7, 11) is 0. The standard InChI is InChI=1S/C30H35FN6O5.C2HF3O2/c31-21-8-9-22-25(16-21)42-35-28(22)20-10-13-36(14-11-20)30(41)24-7-4-12-37(24)29(40)23(15-19-5-2-1-3-6-19)34-27(39)18-33-26(38)17-32;3-2(4,5)1(6)7/h1-3,5-6,8-9,16,20,23-24H,4,7,10-15,17-18,32H2,(H,33,38)(H,34,39);(H,6,7)/t23-,24-;/m0./s1. The van der Waals surface area contributed by atoms with Gasteiger partial charge in [-0.25, -0.2) is 9.18 Å².